The zero-order valence-electron chi connectivity index (χ0n) is 8.35. The average Bonchev–Trinajstić information content (AvgIpc) is 1.76. The van der Waals surface area contributed by atoms with Crippen LogP contribution in [0.2, 0.25) is 25.7 Å². The van der Waals surface area contributed by atoms with Crippen LogP contribution in [-0.2, 0) is 4.12 Å². The van der Waals surface area contributed by atoms with Gasteiger partial charge in [-0.25, -0.2) is 0 Å². The molecule has 1 atom stereocenters. The smallest absolute Gasteiger partial charge is 0.389 e. The lowest BCUT2D eigenvalue weighted by molar-refractivity contribution is -0.131. The van der Waals surface area contributed by atoms with Crippen LogP contribution in [0.3, 0.4) is 0 Å². The van der Waals surface area contributed by atoms with Crippen LogP contribution in [0.5, 0.6) is 0 Å². The van der Waals surface area contributed by atoms with E-state index in [4.69, 9.17) is 4.12 Å². The Kier molecular flexibility index (Phi) is 4.34. The molecule has 0 aromatic heterocycles. The molecule has 2 N–H and O–H groups in total. The second-order valence-corrected chi connectivity index (χ2v) is 10.4. The summed E-state index contributed by atoms with van der Waals surface area (Å²) in [6.07, 6.45) is -5.36. The minimum Gasteiger partial charge on any atom is -0.415 e. The van der Waals surface area contributed by atoms with Crippen molar-refractivity contribution in [2.75, 3.05) is 0 Å². The molecule has 0 aliphatic heterocycles. The van der Waals surface area contributed by atoms with Crippen molar-refractivity contribution in [1.29, 1.82) is 0 Å². The summed E-state index contributed by atoms with van der Waals surface area (Å²) < 4.78 is 40.4. The first-order valence-corrected chi connectivity index (χ1v) is 9.55. The maximum Gasteiger partial charge on any atom is 0.389 e. The summed E-state index contributed by atoms with van der Waals surface area (Å²) in [6.45, 7) is 4.06. The predicted octanol–water partition coefficient (Wildman–Crippen LogP) is 1.71. The van der Waals surface area contributed by atoms with E-state index in [2.05, 4.69) is 0 Å². The summed E-state index contributed by atoms with van der Waals surface area (Å²) in [5.74, 6) is 0. The van der Waals surface area contributed by atoms with E-state index in [-0.39, 0.29) is 0 Å². The highest BCUT2D eigenvalue weighted by Crippen LogP contribution is 2.26. The number of hydrogen-bond acceptors (Lipinski definition) is 3. The van der Waals surface area contributed by atoms with Crippen LogP contribution in [0.4, 0.5) is 13.2 Å². The minimum atomic E-state index is -4.29. The summed E-state index contributed by atoms with van der Waals surface area (Å²) in [6, 6.07) is -0.437. The SMILES string of the molecule is C[Si](C)(O)O[Si](C)(O)CCC(F)(F)F. The largest absolute Gasteiger partial charge is 0.415 e. The zero-order chi connectivity index (χ0) is 11.6. The van der Waals surface area contributed by atoms with Crippen molar-refractivity contribution >= 4 is 17.1 Å². The minimum absolute atomic E-state index is 0.437. The van der Waals surface area contributed by atoms with Crippen molar-refractivity contribution in [1.82, 2.24) is 0 Å². The van der Waals surface area contributed by atoms with E-state index in [1.807, 2.05) is 0 Å². The van der Waals surface area contributed by atoms with Crippen molar-refractivity contribution < 1.29 is 26.9 Å². The molecule has 14 heavy (non-hydrogen) atoms. The first-order chi connectivity index (χ1) is 5.91. The molecule has 0 radical (unpaired) electrons. The number of halogens is 3. The molecule has 0 rings (SSSR count). The van der Waals surface area contributed by atoms with Gasteiger partial charge in [0.25, 0.3) is 0 Å². The quantitative estimate of drug-likeness (QED) is 0.745. The topological polar surface area (TPSA) is 49.7 Å². The highest BCUT2D eigenvalue weighted by Gasteiger charge is 2.39. The lowest BCUT2D eigenvalue weighted by Crippen LogP contribution is -2.47. The highest BCUT2D eigenvalue weighted by molar-refractivity contribution is 6.78. The van der Waals surface area contributed by atoms with Gasteiger partial charge in [-0.1, -0.05) is 0 Å². The van der Waals surface area contributed by atoms with Gasteiger partial charge in [0.05, 0.1) is 0 Å². The maximum absolute atomic E-state index is 11.8. The van der Waals surface area contributed by atoms with Gasteiger partial charge in [0.15, 0.2) is 0 Å². The summed E-state index contributed by atoms with van der Waals surface area (Å²) in [5, 5.41) is 0. The molecule has 0 amide bonds. The monoisotopic (exact) mass is 248 g/mol. The van der Waals surface area contributed by atoms with Crippen LogP contribution in [0.15, 0.2) is 0 Å². The maximum atomic E-state index is 11.8. The Morgan fingerprint density at radius 2 is 1.57 bits per heavy atom. The Labute approximate surface area is 83.0 Å². The highest BCUT2D eigenvalue weighted by atomic mass is 28.5. The Bertz CT molecular complexity index is 188. The zero-order valence-corrected chi connectivity index (χ0v) is 10.4. The number of rotatable bonds is 4. The van der Waals surface area contributed by atoms with Gasteiger partial charge < -0.3 is 13.7 Å². The fourth-order valence-electron chi connectivity index (χ4n) is 0.963. The number of alkyl halides is 3. The van der Waals surface area contributed by atoms with E-state index < -0.39 is 35.8 Å². The van der Waals surface area contributed by atoms with Gasteiger partial charge in [0.2, 0.25) is 0 Å². The molecular formula is C6H15F3O3Si2. The molecule has 0 aromatic rings. The van der Waals surface area contributed by atoms with Gasteiger partial charge in [-0.05, 0) is 25.7 Å². The molecule has 8 heteroatoms. The molecule has 86 valence electrons. The lowest BCUT2D eigenvalue weighted by Gasteiger charge is -2.27. The second-order valence-electron chi connectivity index (χ2n) is 3.84. The van der Waals surface area contributed by atoms with Crippen LogP contribution < -0.4 is 0 Å². The third kappa shape index (κ3) is 8.69. The van der Waals surface area contributed by atoms with Gasteiger partial charge in [-0.15, -0.1) is 0 Å². The molecular weight excluding hydrogens is 233 g/mol. The van der Waals surface area contributed by atoms with Crippen molar-refractivity contribution in [2.45, 2.75) is 38.3 Å². The van der Waals surface area contributed by atoms with E-state index in [0.717, 1.165) is 0 Å². The van der Waals surface area contributed by atoms with E-state index in [0.29, 0.717) is 0 Å². The third-order valence-corrected chi connectivity index (χ3v) is 6.28. The second kappa shape index (κ2) is 4.31. The Hall–Kier alpha value is 0.104. The lowest BCUT2D eigenvalue weighted by atomic mass is 10.5. The molecule has 0 spiro atoms. The van der Waals surface area contributed by atoms with Gasteiger partial charge >= 0.3 is 23.3 Å². The molecule has 0 bridgehead atoms. The van der Waals surface area contributed by atoms with Crippen LogP contribution in [0.1, 0.15) is 6.42 Å². The van der Waals surface area contributed by atoms with Crippen molar-refractivity contribution in [3.8, 4) is 0 Å². The standard InChI is InChI=1S/C6H15F3O3Si2/c1-13(2,10)12-14(3,11)5-4-6(7,8)9/h10-11H,4-5H2,1-3H3. The van der Waals surface area contributed by atoms with E-state index in [1.165, 1.54) is 19.6 Å². The summed E-state index contributed by atoms with van der Waals surface area (Å²) in [5.41, 5.74) is 0. The third-order valence-electron chi connectivity index (χ3n) is 1.34. The van der Waals surface area contributed by atoms with Gasteiger partial charge in [-0.3, -0.25) is 0 Å². The summed E-state index contributed by atoms with van der Waals surface area (Å²) in [4.78, 5) is 18.8. The molecule has 0 saturated carbocycles. The van der Waals surface area contributed by atoms with Crippen molar-refractivity contribution in [3.05, 3.63) is 0 Å². The van der Waals surface area contributed by atoms with Gasteiger partial charge in [-0.2, -0.15) is 13.2 Å². The molecule has 1 unspecified atom stereocenters. The van der Waals surface area contributed by atoms with Gasteiger partial charge in [0, 0.05) is 6.42 Å². The average molecular weight is 248 g/mol. The van der Waals surface area contributed by atoms with E-state index >= 15 is 0 Å². The van der Waals surface area contributed by atoms with E-state index in [9.17, 15) is 22.8 Å². The molecule has 0 aliphatic carbocycles. The summed E-state index contributed by atoms with van der Waals surface area (Å²) >= 11 is 0. The van der Waals surface area contributed by atoms with Crippen molar-refractivity contribution in [2.24, 2.45) is 0 Å². The van der Waals surface area contributed by atoms with Crippen LogP contribution in [-0.4, -0.2) is 32.9 Å². The fourth-order valence-corrected chi connectivity index (χ4v) is 6.42. The summed E-state index contributed by atoms with van der Waals surface area (Å²) in [7, 11) is -6.30. The normalized spacial score (nSPS) is 18.0. The molecule has 0 aliphatic rings. The fraction of sp³-hybridized carbons (Fsp3) is 1.00. The Morgan fingerprint density at radius 1 is 1.14 bits per heavy atom. The Morgan fingerprint density at radius 3 is 1.86 bits per heavy atom. The molecule has 0 fully saturated rings. The van der Waals surface area contributed by atoms with Crippen LogP contribution in [0.25, 0.3) is 0 Å². The van der Waals surface area contributed by atoms with Gasteiger partial charge in [0.1, 0.15) is 0 Å². The molecule has 0 heterocycles. The predicted molar refractivity (Wildman–Crippen MR) is 50.1 cm³/mol. The molecule has 0 saturated heterocycles. The molecule has 0 aromatic carbocycles. The van der Waals surface area contributed by atoms with Crippen molar-refractivity contribution in [3.63, 3.8) is 0 Å². The Balaban J connectivity index is 4.09. The first kappa shape index (κ1) is 14.1. The van der Waals surface area contributed by atoms with E-state index in [1.54, 1.807) is 0 Å². The number of hydrogen-bond donors (Lipinski definition) is 2. The van der Waals surface area contributed by atoms with Crippen LogP contribution >= 0.6 is 0 Å². The van der Waals surface area contributed by atoms with Crippen LogP contribution in [0, 0.1) is 0 Å². The first-order valence-electron chi connectivity index (χ1n) is 4.13. The molecule has 3 nitrogen and oxygen atoms in total.